The molecule has 2 fully saturated rings. The lowest BCUT2D eigenvalue weighted by atomic mass is 9.86. The lowest BCUT2D eigenvalue weighted by Gasteiger charge is -2.25. The van der Waals surface area contributed by atoms with Crippen LogP contribution < -0.4 is 10.1 Å². The van der Waals surface area contributed by atoms with Crippen LogP contribution in [-0.2, 0) is 6.54 Å². The summed E-state index contributed by atoms with van der Waals surface area (Å²) in [7, 11) is 0. The first-order chi connectivity index (χ1) is 8.81. The molecule has 1 aromatic rings. The van der Waals surface area contributed by atoms with Crippen LogP contribution in [0.3, 0.4) is 0 Å². The molecule has 2 aliphatic rings. The lowest BCUT2D eigenvalue weighted by Crippen LogP contribution is -2.21. The van der Waals surface area contributed by atoms with Gasteiger partial charge in [-0.15, -0.1) is 0 Å². The van der Waals surface area contributed by atoms with Crippen LogP contribution in [0.1, 0.15) is 37.7 Å². The first-order valence-electron chi connectivity index (χ1n) is 6.96. The second-order valence-corrected chi connectivity index (χ2v) is 5.52. The molecule has 0 aromatic heterocycles. The summed E-state index contributed by atoms with van der Waals surface area (Å²) in [5.74, 6) is 1.37. The number of benzene rings is 1. The minimum atomic E-state index is -0.182. The maximum absolute atomic E-state index is 13.3. The van der Waals surface area contributed by atoms with E-state index in [1.165, 1.54) is 38.2 Å². The predicted molar refractivity (Wildman–Crippen MR) is 69.1 cm³/mol. The zero-order valence-electron chi connectivity index (χ0n) is 10.6. The Kier molecular flexibility index (Phi) is 3.50. The molecule has 0 saturated heterocycles. The third kappa shape index (κ3) is 3.02. The normalized spacial score (nSPS) is 19.6. The summed E-state index contributed by atoms with van der Waals surface area (Å²) >= 11 is 0. The Balaban J connectivity index is 1.61. The average Bonchev–Trinajstić information content (AvgIpc) is 3.10. The van der Waals surface area contributed by atoms with E-state index in [0.717, 1.165) is 17.9 Å². The molecule has 2 nitrogen and oxygen atoms in total. The van der Waals surface area contributed by atoms with Crippen molar-refractivity contribution in [1.29, 1.82) is 0 Å². The Morgan fingerprint density at radius 3 is 2.72 bits per heavy atom. The summed E-state index contributed by atoms with van der Waals surface area (Å²) in [4.78, 5) is 0. The van der Waals surface area contributed by atoms with E-state index in [2.05, 4.69) is 5.32 Å². The van der Waals surface area contributed by atoms with E-state index in [4.69, 9.17) is 4.74 Å². The van der Waals surface area contributed by atoms with Crippen molar-refractivity contribution in [3.05, 3.63) is 29.6 Å². The molecule has 2 saturated carbocycles. The van der Waals surface area contributed by atoms with Gasteiger partial charge in [0.15, 0.2) is 0 Å². The van der Waals surface area contributed by atoms with Crippen molar-refractivity contribution in [3.63, 3.8) is 0 Å². The highest BCUT2D eigenvalue weighted by molar-refractivity contribution is 5.34. The molecule has 0 atom stereocenters. The largest absolute Gasteiger partial charge is 0.493 e. The van der Waals surface area contributed by atoms with E-state index < -0.39 is 0 Å². The van der Waals surface area contributed by atoms with Crippen molar-refractivity contribution in [2.45, 2.75) is 44.7 Å². The summed E-state index contributed by atoms with van der Waals surface area (Å²) in [5, 5.41) is 3.41. The Bertz CT molecular complexity index is 413. The minimum absolute atomic E-state index is 0.182. The van der Waals surface area contributed by atoms with Crippen molar-refractivity contribution < 1.29 is 9.13 Å². The minimum Gasteiger partial charge on any atom is -0.493 e. The fourth-order valence-corrected chi connectivity index (χ4v) is 2.24. The highest BCUT2D eigenvalue weighted by atomic mass is 19.1. The molecule has 0 radical (unpaired) electrons. The van der Waals surface area contributed by atoms with Gasteiger partial charge in [-0.2, -0.15) is 0 Å². The quantitative estimate of drug-likeness (QED) is 0.835. The number of hydrogen-bond acceptors (Lipinski definition) is 2. The topological polar surface area (TPSA) is 21.3 Å². The second-order valence-electron chi connectivity index (χ2n) is 5.52. The molecule has 2 aliphatic carbocycles. The molecule has 1 N–H and O–H groups in total. The molecule has 0 unspecified atom stereocenters. The fraction of sp³-hybridized carbons (Fsp3) is 0.600. The summed E-state index contributed by atoms with van der Waals surface area (Å²) in [6, 6.07) is 5.47. The number of halogens is 1. The van der Waals surface area contributed by atoms with Crippen molar-refractivity contribution in [2.24, 2.45) is 5.92 Å². The highest BCUT2D eigenvalue weighted by Crippen LogP contribution is 2.29. The molecule has 1 aromatic carbocycles. The van der Waals surface area contributed by atoms with Crippen LogP contribution in [0.5, 0.6) is 5.75 Å². The SMILES string of the molecule is Fc1ccc(OCC2CCC2)c(CNC2CC2)c1. The van der Waals surface area contributed by atoms with Crippen LogP contribution in [0.15, 0.2) is 18.2 Å². The number of hydrogen-bond donors (Lipinski definition) is 1. The number of rotatable bonds is 6. The Labute approximate surface area is 108 Å². The van der Waals surface area contributed by atoms with E-state index in [9.17, 15) is 4.39 Å². The molecule has 98 valence electrons. The monoisotopic (exact) mass is 249 g/mol. The third-order valence-electron chi connectivity index (χ3n) is 3.88. The Morgan fingerprint density at radius 2 is 2.06 bits per heavy atom. The molecule has 0 bridgehead atoms. The van der Waals surface area contributed by atoms with Gasteiger partial charge in [0.2, 0.25) is 0 Å². The molecular formula is C15H20FNO. The van der Waals surface area contributed by atoms with Gasteiger partial charge >= 0.3 is 0 Å². The molecule has 3 heteroatoms. The molecule has 0 spiro atoms. The van der Waals surface area contributed by atoms with Gasteiger partial charge in [0.05, 0.1) is 6.61 Å². The Morgan fingerprint density at radius 1 is 1.22 bits per heavy atom. The van der Waals surface area contributed by atoms with Crippen LogP contribution in [0.2, 0.25) is 0 Å². The fourth-order valence-electron chi connectivity index (χ4n) is 2.24. The molecule has 3 rings (SSSR count). The summed E-state index contributed by atoms with van der Waals surface area (Å²) in [6.45, 7) is 1.49. The van der Waals surface area contributed by atoms with Crippen molar-refractivity contribution in [2.75, 3.05) is 6.61 Å². The Hall–Kier alpha value is -1.09. The standard InChI is InChI=1S/C15H20FNO/c16-13-4-7-15(18-10-11-2-1-3-11)12(8-13)9-17-14-5-6-14/h4,7-8,11,14,17H,1-3,5-6,9-10H2. The van der Waals surface area contributed by atoms with E-state index in [0.29, 0.717) is 18.5 Å². The van der Waals surface area contributed by atoms with Gasteiger partial charge in [-0.25, -0.2) is 4.39 Å². The average molecular weight is 249 g/mol. The molecule has 0 amide bonds. The van der Waals surface area contributed by atoms with Gasteiger partial charge in [0, 0.05) is 18.2 Å². The third-order valence-corrected chi connectivity index (χ3v) is 3.88. The van der Waals surface area contributed by atoms with E-state index in [1.54, 1.807) is 12.1 Å². The van der Waals surface area contributed by atoms with Gasteiger partial charge in [0.25, 0.3) is 0 Å². The van der Waals surface area contributed by atoms with Crippen molar-refractivity contribution >= 4 is 0 Å². The van der Waals surface area contributed by atoms with Crippen LogP contribution in [-0.4, -0.2) is 12.6 Å². The van der Waals surface area contributed by atoms with Gasteiger partial charge in [-0.05, 0) is 49.8 Å². The van der Waals surface area contributed by atoms with Crippen LogP contribution in [0.25, 0.3) is 0 Å². The predicted octanol–water partition coefficient (Wildman–Crippen LogP) is 3.26. The van der Waals surface area contributed by atoms with Crippen molar-refractivity contribution in [1.82, 2.24) is 5.32 Å². The molecule has 18 heavy (non-hydrogen) atoms. The zero-order valence-corrected chi connectivity index (χ0v) is 10.6. The molecule has 0 heterocycles. The molecule has 0 aliphatic heterocycles. The first-order valence-corrected chi connectivity index (χ1v) is 6.96. The second kappa shape index (κ2) is 5.27. The van der Waals surface area contributed by atoms with Crippen LogP contribution in [0, 0.1) is 11.7 Å². The lowest BCUT2D eigenvalue weighted by molar-refractivity contribution is 0.179. The maximum atomic E-state index is 13.3. The first kappa shape index (κ1) is 12.0. The summed E-state index contributed by atoms with van der Waals surface area (Å²) < 4.78 is 19.1. The van der Waals surface area contributed by atoms with Gasteiger partial charge in [-0.1, -0.05) is 6.42 Å². The summed E-state index contributed by atoms with van der Waals surface area (Å²) in [6.07, 6.45) is 6.36. The molecular weight excluding hydrogens is 229 g/mol. The van der Waals surface area contributed by atoms with Crippen LogP contribution in [0.4, 0.5) is 4.39 Å². The zero-order chi connectivity index (χ0) is 12.4. The van der Waals surface area contributed by atoms with Gasteiger partial charge < -0.3 is 10.1 Å². The number of ether oxygens (including phenoxy) is 1. The smallest absolute Gasteiger partial charge is 0.123 e. The maximum Gasteiger partial charge on any atom is 0.123 e. The van der Waals surface area contributed by atoms with Gasteiger partial charge in [0.1, 0.15) is 11.6 Å². The summed E-state index contributed by atoms with van der Waals surface area (Å²) in [5.41, 5.74) is 0.946. The number of nitrogens with one attached hydrogen (secondary N) is 1. The van der Waals surface area contributed by atoms with Gasteiger partial charge in [-0.3, -0.25) is 0 Å². The van der Waals surface area contributed by atoms with Crippen molar-refractivity contribution in [3.8, 4) is 5.75 Å². The van der Waals surface area contributed by atoms with E-state index >= 15 is 0 Å². The van der Waals surface area contributed by atoms with E-state index in [-0.39, 0.29) is 5.82 Å². The van der Waals surface area contributed by atoms with E-state index in [1.807, 2.05) is 0 Å². The highest BCUT2D eigenvalue weighted by Gasteiger charge is 2.21. The van der Waals surface area contributed by atoms with Crippen LogP contribution >= 0.6 is 0 Å².